The van der Waals surface area contributed by atoms with Crippen LogP contribution >= 0.6 is 0 Å². The standard InChI is InChI=1S/C53H41N.C50H37N.C44H33N/c1-52(2)47-22-12-10-19-44(47)45-34-33-42(35-50(45)52)54(40-29-25-37(26-30-40)36-15-6-4-7-16-36)41-31-27-38(28-32-41)43-21-14-24-49-51(43)46-20-11-13-23-48(46)53(49,3)39-17-8-5-9-18-39;1-50(41-18-9-4-10-19-41)47-22-12-11-20-46(47)49-45(21-13-23-48(49)50)40-28-34-44(35-29-40)51(42-30-24-38(25-31-42)36-14-5-2-6-15-36)43-32-26-39(27-33-43)37-16-7-3-8-17-37;1-44(36-17-9-4-10-18-36)42-20-12-11-19-40(42)41-31-39(29-30-43(41)44)45(37-25-21-34(22-26-37)32-13-5-2-6-14-32)38-27-23-35(24-28-38)33-15-7-3-8-16-33/h4-35H,1-3H3;2-35H,1H3;2-31H,1H3. The highest BCUT2D eigenvalue weighted by Crippen LogP contribution is 2.60. The highest BCUT2D eigenvalue weighted by molar-refractivity contribution is 5.98. The highest BCUT2D eigenvalue weighted by atomic mass is 15.2. The largest absolute Gasteiger partial charge is 0.311 e. The Labute approximate surface area is 881 Å². The molecule has 0 heterocycles. The van der Waals surface area contributed by atoms with Gasteiger partial charge < -0.3 is 14.7 Å². The van der Waals surface area contributed by atoms with Gasteiger partial charge >= 0.3 is 0 Å². The van der Waals surface area contributed by atoms with Gasteiger partial charge in [-0.15, -0.1) is 0 Å². The number of nitrogens with zero attached hydrogens (tertiary/aromatic N) is 3. The van der Waals surface area contributed by atoms with Gasteiger partial charge in [0, 0.05) is 72.8 Å². The predicted octanol–water partition coefficient (Wildman–Crippen LogP) is 39.4. The van der Waals surface area contributed by atoms with Crippen LogP contribution in [0.15, 0.2) is 582 Å². The molecule has 0 N–H and O–H groups in total. The van der Waals surface area contributed by atoms with E-state index in [0.29, 0.717) is 0 Å². The van der Waals surface area contributed by atoms with Gasteiger partial charge in [-0.25, -0.2) is 0 Å². The summed E-state index contributed by atoms with van der Waals surface area (Å²) in [4.78, 5) is 7.14. The number of fused-ring (bicyclic) bond motifs is 12. The lowest BCUT2D eigenvalue weighted by Gasteiger charge is -2.29. The lowest BCUT2D eigenvalue weighted by atomic mass is 9.74. The SMILES string of the molecule is CC1(C)c2ccccc2-c2ccc(N(c3ccc(-c4ccccc4)cc3)c3ccc(-c4cccc5c4-c4ccccc4C5(C)c4ccccc4)cc3)cc21.CC1(c2ccccc2)c2ccccc2-c2c(-c3ccc(N(c4ccc(-c5ccccc5)cc4)c4ccc(-c5ccccc5)cc4)cc3)cccc21.CC1(c2ccccc2)c2ccccc2-c2cc(N(c3ccc(-c4ccccc4)cc3)c3ccc(-c4ccccc4)cc3)ccc21. The van der Waals surface area contributed by atoms with E-state index in [1.54, 1.807) is 0 Å². The van der Waals surface area contributed by atoms with Crippen LogP contribution in [0.3, 0.4) is 0 Å². The average Bonchev–Trinajstić information content (AvgIpc) is 1.55. The zero-order valence-corrected chi connectivity index (χ0v) is 84.8. The summed E-state index contributed by atoms with van der Waals surface area (Å²) in [6.45, 7) is 11.8. The lowest BCUT2D eigenvalue weighted by molar-refractivity contribution is 0.660. The number of hydrogen-bond donors (Lipinski definition) is 0. The Morgan fingerprint density at radius 2 is 0.320 bits per heavy atom. The number of anilines is 9. The molecule has 150 heavy (non-hydrogen) atoms. The van der Waals surface area contributed by atoms with Crippen LogP contribution in [-0.4, -0.2) is 0 Å². The monoisotopic (exact) mass is 1920 g/mol. The predicted molar refractivity (Wildman–Crippen MR) is 631 cm³/mol. The molecule has 0 aliphatic heterocycles. The molecule has 23 aromatic carbocycles. The first kappa shape index (κ1) is 92.6. The molecule has 0 bridgehead atoms. The van der Waals surface area contributed by atoms with Crippen molar-refractivity contribution in [2.75, 3.05) is 14.7 Å². The Balaban J connectivity index is 0.000000117. The molecule has 27 rings (SSSR count). The van der Waals surface area contributed by atoms with E-state index in [1.165, 1.54) is 184 Å². The fourth-order valence-corrected chi connectivity index (χ4v) is 24.4. The van der Waals surface area contributed by atoms with Crippen molar-refractivity contribution >= 4 is 51.2 Å². The second kappa shape index (κ2) is 39.1. The maximum absolute atomic E-state index is 2.42. The van der Waals surface area contributed by atoms with Crippen molar-refractivity contribution in [2.24, 2.45) is 0 Å². The Hall–Kier alpha value is -18.5. The van der Waals surface area contributed by atoms with Crippen LogP contribution in [0.4, 0.5) is 51.2 Å². The first-order valence-electron chi connectivity index (χ1n) is 52.3. The van der Waals surface area contributed by atoms with E-state index in [1.807, 2.05) is 0 Å². The van der Waals surface area contributed by atoms with Gasteiger partial charge in [-0.3, -0.25) is 0 Å². The minimum absolute atomic E-state index is 0.0904. The van der Waals surface area contributed by atoms with Crippen LogP contribution in [0.5, 0.6) is 0 Å². The highest BCUT2D eigenvalue weighted by Gasteiger charge is 2.46. The minimum Gasteiger partial charge on any atom is -0.311 e. The summed E-state index contributed by atoms with van der Waals surface area (Å²) in [7, 11) is 0. The van der Waals surface area contributed by atoms with E-state index < -0.39 is 0 Å². The molecule has 0 saturated heterocycles. The van der Waals surface area contributed by atoms with Gasteiger partial charge in [-0.2, -0.15) is 0 Å². The Bertz CT molecular complexity index is 8660. The fourth-order valence-electron chi connectivity index (χ4n) is 24.4. The van der Waals surface area contributed by atoms with E-state index in [-0.39, 0.29) is 21.7 Å². The third kappa shape index (κ3) is 16.5. The molecule has 0 aromatic heterocycles. The molecular formula is C147H111N3. The number of hydrogen-bond acceptors (Lipinski definition) is 3. The van der Waals surface area contributed by atoms with Crippen LogP contribution in [0.2, 0.25) is 0 Å². The molecule has 3 heteroatoms. The van der Waals surface area contributed by atoms with Crippen LogP contribution < -0.4 is 14.7 Å². The molecule has 23 aromatic rings. The molecule has 0 fully saturated rings. The molecule has 4 aliphatic carbocycles. The van der Waals surface area contributed by atoms with Gasteiger partial charge in [-0.1, -0.05) is 487 Å². The third-order valence-electron chi connectivity index (χ3n) is 32.1. The van der Waals surface area contributed by atoms with Crippen LogP contribution in [0, 0.1) is 0 Å². The van der Waals surface area contributed by atoms with Crippen molar-refractivity contribution in [3.8, 4) is 122 Å². The van der Waals surface area contributed by atoms with Crippen molar-refractivity contribution in [3.05, 3.63) is 644 Å². The molecule has 714 valence electrons. The first-order chi connectivity index (χ1) is 73.8. The molecule has 0 saturated carbocycles. The van der Waals surface area contributed by atoms with Crippen LogP contribution in [0.25, 0.3) is 122 Å². The van der Waals surface area contributed by atoms with Gasteiger partial charge in [0.1, 0.15) is 0 Å². The van der Waals surface area contributed by atoms with E-state index in [9.17, 15) is 0 Å². The topological polar surface area (TPSA) is 9.72 Å². The summed E-state index contributed by atoms with van der Waals surface area (Å²) >= 11 is 0. The zero-order chi connectivity index (χ0) is 101. The second-order valence-electron chi connectivity index (χ2n) is 40.9. The third-order valence-corrected chi connectivity index (χ3v) is 32.1. The maximum Gasteiger partial charge on any atom is 0.0468 e. The summed E-state index contributed by atoms with van der Waals surface area (Å²) in [5.41, 5.74) is 51.9. The fraction of sp³-hybridized carbons (Fsp3) is 0.0612. The molecule has 0 spiro atoms. The molecule has 3 unspecified atom stereocenters. The summed E-state index contributed by atoms with van der Waals surface area (Å²) in [5, 5.41) is 0. The van der Waals surface area contributed by atoms with Crippen LogP contribution in [0.1, 0.15) is 95.8 Å². The van der Waals surface area contributed by atoms with E-state index >= 15 is 0 Å². The van der Waals surface area contributed by atoms with Gasteiger partial charge in [0.15, 0.2) is 0 Å². The summed E-state index contributed by atoms with van der Waals surface area (Å²) < 4.78 is 0. The molecule has 4 aliphatic rings. The van der Waals surface area contributed by atoms with E-state index in [0.717, 1.165) is 51.2 Å². The first-order valence-corrected chi connectivity index (χ1v) is 52.3. The van der Waals surface area contributed by atoms with Gasteiger partial charge in [0.25, 0.3) is 0 Å². The van der Waals surface area contributed by atoms with E-state index in [2.05, 4.69) is 632 Å². The summed E-state index contributed by atoms with van der Waals surface area (Å²) in [5.74, 6) is 0. The van der Waals surface area contributed by atoms with Crippen molar-refractivity contribution in [2.45, 2.75) is 56.3 Å². The normalized spacial score (nSPS) is 15.1. The summed E-state index contributed by atoms with van der Waals surface area (Å²) in [6.07, 6.45) is 0. The average molecular weight is 1920 g/mol. The summed E-state index contributed by atoms with van der Waals surface area (Å²) in [6, 6.07) is 212. The maximum atomic E-state index is 2.42. The smallest absolute Gasteiger partial charge is 0.0468 e. The molecule has 3 atom stereocenters. The second-order valence-corrected chi connectivity index (χ2v) is 40.9. The van der Waals surface area contributed by atoms with Gasteiger partial charge in [-0.05, 0) is 314 Å². The zero-order valence-electron chi connectivity index (χ0n) is 84.8. The number of benzene rings is 23. The van der Waals surface area contributed by atoms with Crippen LogP contribution in [-0.2, 0) is 21.7 Å². The van der Waals surface area contributed by atoms with Crippen molar-refractivity contribution < 1.29 is 0 Å². The van der Waals surface area contributed by atoms with Crippen molar-refractivity contribution in [3.63, 3.8) is 0 Å². The lowest BCUT2D eigenvalue weighted by Crippen LogP contribution is -2.22. The van der Waals surface area contributed by atoms with Crippen molar-refractivity contribution in [1.82, 2.24) is 0 Å². The minimum atomic E-state index is -0.229. The Kier molecular flexibility index (Phi) is 24.1. The molecule has 3 nitrogen and oxygen atoms in total. The molecule has 0 amide bonds. The van der Waals surface area contributed by atoms with Gasteiger partial charge in [0.05, 0.1) is 0 Å². The quantitative estimate of drug-likeness (QED) is 0.0799. The van der Waals surface area contributed by atoms with Crippen molar-refractivity contribution in [1.29, 1.82) is 0 Å². The molecule has 0 radical (unpaired) electrons. The van der Waals surface area contributed by atoms with Gasteiger partial charge in [0.2, 0.25) is 0 Å². The number of rotatable bonds is 19. The molecular weight excluding hydrogens is 1810 g/mol. The van der Waals surface area contributed by atoms with E-state index in [4.69, 9.17) is 0 Å². The Morgan fingerprint density at radius 3 is 0.640 bits per heavy atom. The Morgan fingerprint density at radius 1 is 0.120 bits per heavy atom.